The number of benzene rings is 1. The van der Waals surface area contributed by atoms with E-state index in [1.165, 1.54) is 18.4 Å². The number of hydrogen-bond donors (Lipinski definition) is 1. The van der Waals surface area contributed by atoms with Crippen LogP contribution in [0.2, 0.25) is 4.34 Å². The second-order valence-electron chi connectivity index (χ2n) is 5.05. The molecule has 1 aromatic carbocycles. The molecular formula is C16H15ClN2O3S2. The van der Waals surface area contributed by atoms with E-state index in [0.29, 0.717) is 9.85 Å². The first-order valence-corrected chi connectivity index (χ1v) is 9.80. The van der Waals surface area contributed by atoms with Crippen molar-refractivity contribution in [1.29, 1.82) is 0 Å². The molecule has 0 bridgehead atoms. The van der Waals surface area contributed by atoms with E-state index in [1.54, 1.807) is 30.5 Å². The van der Waals surface area contributed by atoms with Gasteiger partial charge in [-0.1, -0.05) is 29.8 Å². The minimum Gasteiger partial charge on any atom is -0.375 e. The highest BCUT2D eigenvalue weighted by molar-refractivity contribution is 7.89. The first kappa shape index (κ1) is 17.3. The standard InChI is InChI=1S/C16H15ClN2O3S2/c1-22-12(13-7-8-15(17)23-13)10-19-24(20,21)14-6-2-4-11-5-3-9-18-16(11)14/h2-9,12,19H,10H2,1H3. The predicted octanol–water partition coefficient (Wildman–Crippen LogP) is 3.62. The fraction of sp³-hybridized carbons (Fsp3) is 0.188. The lowest BCUT2D eigenvalue weighted by molar-refractivity contribution is 0.110. The number of sulfonamides is 1. The number of ether oxygens (including phenoxy) is 1. The lowest BCUT2D eigenvalue weighted by atomic mass is 10.2. The number of fused-ring (bicyclic) bond motifs is 1. The number of pyridine rings is 1. The van der Waals surface area contributed by atoms with E-state index in [2.05, 4.69) is 9.71 Å². The van der Waals surface area contributed by atoms with Gasteiger partial charge in [0.1, 0.15) is 11.0 Å². The molecule has 0 aliphatic carbocycles. The molecule has 0 aliphatic heterocycles. The maximum Gasteiger partial charge on any atom is 0.242 e. The Morgan fingerprint density at radius 1 is 1.25 bits per heavy atom. The van der Waals surface area contributed by atoms with Crippen LogP contribution in [0.25, 0.3) is 10.9 Å². The Hall–Kier alpha value is -1.51. The zero-order chi connectivity index (χ0) is 17.2. The van der Waals surface area contributed by atoms with Gasteiger partial charge in [0.2, 0.25) is 10.0 Å². The van der Waals surface area contributed by atoms with Crippen LogP contribution in [0.15, 0.2) is 53.6 Å². The van der Waals surface area contributed by atoms with Crippen molar-refractivity contribution in [3.05, 3.63) is 57.9 Å². The van der Waals surface area contributed by atoms with E-state index in [-0.39, 0.29) is 11.4 Å². The van der Waals surface area contributed by atoms with Crippen LogP contribution in [0.5, 0.6) is 0 Å². The topological polar surface area (TPSA) is 68.3 Å². The summed E-state index contributed by atoms with van der Waals surface area (Å²) in [5.74, 6) is 0. The van der Waals surface area contributed by atoms with Gasteiger partial charge >= 0.3 is 0 Å². The lowest BCUT2D eigenvalue weighted by Crippen LogP contribution is -2.29. The molecule has 1 unspecified atom stereocenters. The second kappa shape index (κ2) is 7.16. The first-order chi connectivity index (χ1) is 11.5. The lowest BCUT2D eigenvalue weighted by Gasteiger charge is -2.15. The molecule has 0 saturated carbocycles. The molecule has 8 heteroatoms. The summed E-state index contributed by atoms with van der Waals surface area (Å²) >= 11 is 7.29. The summed E-state index contributed by atoms with van der Waals surface area (Å²) in [5, 5.41) is 0.772. The molecule has 0 spiro atoms. The molecule has 3 aromatic rings. The fourth-order valence-corrected chi connectivity index (χ4v) is 4.71. The van der Waals surface area contributed by atoms with Crippen LogP contribution in [-0.4, -0.2) is 27.1 Å². The number of para-hydroxylation sites is 1. The summed E-state index contributed by atoms with van der Waals surface area (Å²) in [7, 11) is -2.18. The molecule has 24 heavy (non-hydrogen) atoms. The molecule has 3 rings (SSSR count). The highest BCUT2D eigenvalue weighted by Crippen LogP contribution is 2.29. The SMILES string of the molecule is COC(CNS(=O)(=O)c1cccc2cccnc12)c1ccc(Cl)s1. The molecule has 1 atom stereocenters. The summed E-state index contributed by atoms with van der Waals surface area (Å²) in [6.07, 6.45) is 1.17. The minimum atomic E-state index is -3.71. The minimum absolute atomic E-state index is 0.110. The van der Waals surface area contributed by atoms with Gasteiger partial charge in [-0.15, -0.1) is 11.3 Å². The maximum atomic E-state index is 12.7. The third kappa shape index (κ3) is 3.60. The average Bonchev–Trinajstić information content (AvgIpc) is 3.01. The molecule has 0 amide bonds. The van der Waals surface area contributed by atoms with E-state index in [1.807, 2.05) is 18.2 Å². The van der Waals surface area contributed by atoms with E-state index in [4.69, 9.17) is 16.3 Å². The van der Waals surface area contributed by atoms with E-state index >= 15 is 0 Å². The zero-order valence-electron chi connectivity index (χ0n) is 12.8. The zero-order valence-corrected chi connectivity index (χ0v) is 15.2. The van der Waals surface area contributed by atoms with Gasteiger partial charge in [-0.05, 0) is 24.3 Å². The highest BCUT2D eigenvalue weighted by Gasteiger charge is 2.21. The molecule has 2 heterocycles. The van der Waals surface area contributed by atoms with Crippen molar-refractivity contribution in [2.24, 2.45) is 0 Å². The molecule has 0 fully saturated rings. The summed E-state index contributed by atoms with van der Waals surface area (Å²) in [6.45, 7) is 0.110. The molecule has 0 aliphatic rings. The van der Waals surface area contributed by atoms with Crippen LogP contribution in [0.3, 0.4) is 0 Å². The maximum absolute atomic E-state index is 12.7. The number of aromatic nitrogens is 1. The number of thiophene rings is 1. The third-order valence-electron chi connectivity index (χ3n) is 3.54. The van der Waals surface area contributed by atoms with Crippen molar-refractivity contribution in [2.45, 2.75) is 11.0 Å². The van der Waals surface area contributed by atoms with Gasteiger partial charge in [-0.2, -0.15) is 0 Å². The van der Waals surface area contributed by atoms with Crippen molar-refractivity contribution >= 4 is 43.9 Å². The largest absolute Gasteiger partial charge is 0.375 e. The molecule has 0 saturated heterocycles. The summed E-state index contributed by atoms with van der Waals surface area (Å²) < 4.78 is 34.0. The number of methoxy groups -OCH3 is 1. The Morgan fingerprint density at radius 2 is 2.04 bits per heavy atom. The normalized spacial score (nSPS) is 13.2. The van der Waals surface area contributed by atoms with Crippen LogP contribution >= 0.6 is 22.9 Å². The monoisotopic (exact) mass is 382 g/mol. The Kier molecular flexibility index (Phi) is 5.17. The Balaban J connectivity index is 1.85. The molecule has 5 nitrogen and oxygen atoms in total. The van der Waals surface area contributed by atoms with Crippen molar-refractivity contribution in [2.75, 3.05) is 13.7 Å². The quantitative estimate of drug-likeness (QED) is 0.707. The molecule has 126 valence electrons. The van der Waals surface area contributed by atoms with Crippen molar-refractivity contribution in [3.8, 4) is 0 Å². The van der Waals surface area contributed by atoms with Crippen molar-refractivity contribution in [1.82, 2.24) is 9.71 Å². The Labute approximate surface area is 149 Å². The van der Waals surface area contributed by atoms with Gasteiger partial charge in [0.05, 0.1) is 9.85 Å². The van der Waals surface area contributed by atoms with Crippen molar-refractivity contribution in [3.63, 3.8) is 0 Å². The third-order valence-corrected chi connectivity index (χ3v) is 6.32. The van der Waals surface area contributed by atoms with Gasteiger partial charge in [-0.3, -0.25) is 4.98 Å². The van der Waals surface area contributed by atoms with E-state index in [0.717, 1.165) is 10.3 Å². The van der Waals surface area contributed by atoms with Gasteiger partial charge in [0.15, 0.2) is 0 Å². The van der Waals surface area contributed by atoms with Crippen LogP contribution in [0.1, 0.15) is 11.0 Å². The number of hydrogen-bond acceptors (Lipinski definition) is 5. The number of rotatable bonds is 6. The molecular weight excluding hydrogens is 368 g/mol. The van der Waals surface area contributed by atoms with Crippen molar-refractivity contribution < 1.29 is 13.2 Å². The van der Waals surface area contributed by atoms with Crippen LogP contribution < -0.4 is 4.72 Å². The molecule has 1 N–H and O–H groups in total. The smallest absolute Gasteiger partial charge is 0.242 e. The molecule has 0 radical (unpaired) electrons. The van der Waals surface area contributed by atoms with Gasteiger partial charge in [0, 0.05) is 30.1 Å². The van der Waals surface area contributed by atoms with E-state index < -0.39 is 16.1 Å². The number of nitrogens with one attached hydrogen (secondary N) is 1. The predicted molar refractivity (Wildman–Crippen MR) is 96.0 cm³/mol. The average molecular weight is 383 g/mol. The van der Waals surface area contributed by atoms with Crippen LogP contribution in [0, 0.1) is 0 Å². The van der Waals surface area contributed by atoms with Gasteiger partial charge < -0.3 is 4.74 Å². The van der Waals surface area contributed by atoms with E-state index in [9.17, 15) is 8.42 Å². The summed E-state index contributed by atoms with van der Waals surface area (Å²) in [5.41, 5.74) is 0.445. The second-order valence-corrected chi connectivity index (χ2v) is 8.53. The summed E-state index contributed by atoms with van der Waals surface area (Å²) in [4.78, 5) is 5.21. The first-order valence-electron chi connectivity index (χ1n) is 7.13. The number of nitrogens with zero attached hydrogens (tertiary/aromatic N) is 1. The van der Waals surface area contributed by atoms with Crippen LogP contribution in [-0.2, 0) is 14.8 Å². The molecule has 2 aromatic heterocycles. The van der Waals surface area contributed by atoms with Gasteiger partial charge in [0.25, 0.3) is 0 Å². The fourth-order valence-electron chi connectivity index (χ4n) is 2.36. The number of halogens is 1. The Bertz CT molecular complexity index is 951. The Morgan fingerprint density at radius 3 is 2.75 bits per heavy atom. The summed E-state index contributed by atoms with van der Waals surface area (Å²) in [6, 6.07) is 12.3. The van der Waals surface area contributed by atoms with Gasteiger partial charge in [-0.25, -0.2) is 13.1 Å². The highest BCUT2D eigenvalue weighted by atomic mass is 35.5. The van der Waals surface area contributed by atoms with Crippen LogP contribution in [0.4, 0.5) is 0 Å².